The lowest BCUT2D eigenvalue weighted by Gasteiger charge is -2.08. The first-order chi connectivity index (χ1) is 12.3. The molecule has 0 bridgehead atoms. The van der Waals surface area contributed by atoms with Crippen molar-refractivity contribution in [3.63, 3.8) is 0 Å². The predicted molar refractivity (Wildman–Crippen MR) is 97.6 cm³/mol. The van der Waals surface area contributed by atoms with Crippen molar-refractivity contribution in [3.8, 4) is 11.5 Å². The summed E-state index contributed by atoms with van der Waals surface area (Å²) in [6.07, 6.45) is -0.503. The second-order valence-corrected chi connectivity index (χ2v) is 5.54. The monoisotopic (exact) mass is 332 g/mol. The summed E-state index contributed by atoms with van der Waals surface area (Å²) in [4.78, 5) is 16.4. The number of oxazole rings is 1. The average Bonchev–Trinajstić information content (AvgIpc) is 3.07. The fourth-order valence-electron chi connectivity index (χ4n) is 2.83. The van der Waals surface area contributed by atoms with Crippen LogP contribution in [0.25, 0.3) is 33.3 Å². The molecule has 0 aliphatic heterocycles. The van der Waals surface area contributed by atoms with Crippen molar-refractivity contribution in [2.24, 2.45) is 0 Å². The van der Waals surface area contributed by atoms with Gasteiger partial charge in [-0.05, 0) is 30.5 Å². The van der Waals surface area contributed by atoms with Crippen LogP contribution in [0.5, 0.6) is 0 Å². The Kier molecular flexibility index (Phi) is 3.82. The van der Waals surface area contributed by atoms with Crippen molar-refractivity contribution in [2.75, 3.05) is 11.9 Å². The Morgan fingerprint density at radius 1 is 1.08 bits per heavy atom. The van der Waals surface area contributed by atoms with Crippen LogP contribution in [0.4, 0.5) is 10.5 Å². The van der Waals surface area contributed by atoms with Gasteiger partial charge in [-0.2, -0.15) is 0 Å². The van der Waals surface area contributed by atoms with Crippen molar-refractivity contribution in [3.05, 3.63) is 60.7 Å². The maximum atomic E-state index is 11.8. The van der Waals surface area contributed by atoms with Gasteiger partial charge in [0.1, 0.15) is 5.52 Å². The zero-order chi connectivity index (χ0) is 17.2. The summed E-state index contributed by atoms with van der Waals surface area (Å²) in [6.45, 7) is 2.07. The summed E-state index contributed by atoms with van der Waals surface area (Å²) in [5, 5.41) is 4.87. The molecule has 1 heterocycles. The molecule has 1 amide bonds. The summed E-state index contributed by atoms with van der Waals surface area (Å²) in [7, 11) is 0. The molecular formula is C20H16N2O3. The molecule has 3 aromatic carbocycles. The van der Waals surface area contributed by atoms with Crippen LogP contribution in [-0.2, 0) is 4.74 Å². The number of ether oxygens (including phenoxy) is 1. The van der Waals surface area contributed by atoms with Crippen LogP contribution >= 0.6 is 0 Å². The van der Waals surface area contributed by atoms with Gasteiger partial charge in [-0.3, -0.25) is 5.32 Å². The van der Waals surface area contributed by atoms with Gasteiger partial charge in [-0.25, -0.2) is 9.78 Å². The Balaban J connectivity index is 1.82. The zero-order valence-electron chi connectivity index (χ0n) is 13.7. The van der Waals surface area contributed by atoms with Gasteiger partial charge in [0.2, 0.25) is 5.89 Å². The molecule has 1 aromatic heterocycles. The Labute approximate surface area is 144 Å². The number of nitrogens with one attached hydrogen (secondary N) is 1. The van der Waals surface area contributed by atoms with Gasteiger partial charge >= 0.3 is 6.09 Å². The minimum absolute atomic E-state index is 0.308. The van der Waals surface area contributed by atoms with E-state index >= 15 is 0 Å². The molecule has 0 atom stereocenters. The number of hydrogen-bond acceptors (Lipinski definition) is 4. The maximum absolute atomic E-state index is 11.8. The number of hydrogen-bond donors (Lipinski definition) is 1. The molecule has 0 aliphatic carbocycles. The van der Waals surface area contributed by atoms with Crippen molar-refractivity contribution in [1.29, 1.82) is 0 Å². The third-order valence-corrected chi connectivity index (χ3v) is 3.95. The highest BCUT2D eigenvalue weighted by molar-refractivity contribution is 6.04. The van der Waals surface area contributed by atoms with Crippen molar-refractivity contribution in [1.82, 2.24) is 4.98 Å². The normalized spacial score (nSPS) is 10.9. The van der Waals surface area contributed by atoms with Crippen molar-refractivity contribution in [2.45, 2.75) is 6.92 Å². The van der Waals surface area contributed by atoms with E-state index in [9.17, 15) is 4.79 Å². The van der Waals surface area contributed by atoms with Gasteiger partial charge < -0.3 is 9.15 Å². The molecule has 0 saturated carbocycles. The summed E-state index contributed by atoms with van der Waals surface area (Å²) in [6, 6.07) is 19.3. The van der Waals surface area contributed by atoms with E-state index in [1.807, 2.05) is 54.6 Å². The van der Waals surface area contributed by atoms with Crippen LogP contribution < -0.4 is 5.32 Å². The molecule has 25 heavy (non-hydrogen) atoms. The minimum Gasteiger partial charge on any atom is -0.450 e. The number of carbonyl (C=O) groups excluding carboxylic acids is 1. The smallest absolute Gasteiger partial charge is 0.411 e. The first-order valence-electron chi connectivity index (χ1n) is 8.07. The van der Waals surface area contributed by atoms with Crippen LogP contribution in [0.2, 0.25) is 0 Å². The summed E-state index contributed by atoms with van der Waals surface area (Å²) in [5.74, 6) is 0.457. The molecule has 124 valence electrons. The molecule has 1 N–H and O–H groups in total. The highest BCUT2D eigenvalue weighted by atomic mass is 16.5. The first-order valence-corrected chi connectivity index (χ1v) is 8.07. The van der Waals surface area contributed by atoms with E-state index in [2.05, 4.69) is 10.3 Å². The zero-order valence-corrected chi connectivity index (χ0v) is 13.7. The Hall–Kier alpha value is -3.34. The van der Waals surface area contributed by atoms with Gasteiger partial charge in [0.05, 0.1) is 17.9 Å². The van der Waals surface area contributed by atoms with Gasteiger partial charge in [0, 0.05) is 5.39 Å². The SMILES string of the molecule is CCOC(=O)Nc1ccccc1-c1nc2c(ccc3ccccc32)o1. The number of carbonyl (C=O) groups is 1. The van der Waals surface area contributed by atoms with E-state index in [0.29, 0.717) is 29.3 Å². The van der Waals surface area contributed by atoms with Crippen molar-refractivity contribution < 1.29 is 13.9 Å². The maximum Gasteiger partial charge on any atom is 0.411 e. The second kappa shape index (κ2) is 6.28. The van der Waals surface area contributed by atoms with Crippen LogP contribution in [0.15, 0.2) is 65.1 Å². The molecular weight excluding hydrogens is 316 g/mol. The summed E-state index contributed by atoms with van der Waals surface area (Å²) in [5.41, 5.74) is 2.81. The molecule has 4 rings (SSSR count). The first kappa shape index (κ1) is 15.2. The number of aromatic nitrogens is 1. The topological polar surface area (TPSA) is 64.4 Å². The number of rotatable bonds is 3. The number of para-hydroxylation sites is 1. The molecule has 0 radical (unpaired) electrons. The molecule has 0 fully saturated rings. The third-order valence-electron chi connectivity index (χ3n) is 3.95. The summed E-state index contributed by atoms with van der Waals surface area (Å²) >= 11 is 0. The fourth-order valence-corrected chi connectivity index (χ4v) is 2.83. The molecule has 0 saturated heterocycles. The van der Waals surface area contributed by atoms with E-state index in [1.54, 1.807) is 13.0 Å². The van der Waals surface area contributed by atoms with E-state index in [4.69, 9.17) is 9.15 Å². The molecule has 0 spiro atoms. The van der Waals surface area contributed by atoms with Crippen molar-refractivity contribution >= 4 is 33.7 Å². The predicted octanol–water partition coefficient (Wildman–Crippen LogP) is 5.22. The van der Waals surface area contributed by atoms with Crippen LogP contribution in [0.3, 0.4) is 0 Å². The van der Waals surface area contributed by atoms with Gasteiger partial charge in [0.15, 0.2) is 5.58 Å². The second-order valence-electron chi connectivity index (χ2n) is 5.54. The molecule has 0 unspecified atom stereocenters. The highest BCUT2D eigenvalue weighted by Gasteiger charge is 2.15. The van der Waals surface area contributed by atoms with E-state index in [0.717, 1.165) is 16.3 Å². The Morgan fingerprint density at radius 2 is 1.88 bits per heavy atom. The van der Waals surface area contributed by atoms with Crippen LogP contribution in [-0.4, -0.2) is 17.7 Å². The van der Waals surface area contributed by atoms with Gasteiger partial charge in [-0.1, -0.05) is 42.5 Å². The molecule has 5 heteroatoms. The highest BCUT2D eigenvalue weighted by Crippen LogP contribution is 2.33. The largest absolute Gasteiger partial charge is 0.450 e. The molecule has 5 nitrogen and oxygen atoms in total. The average molecular weight is 332 g/mol. The Bertz CT molecular complexity index is 1070. The van der Waals surface area contributed by atoms with Gasteiger partial charge in [0.25, 0.3) is 0 Å². The van der Waals surface area contributed by atoms with E-state index in [-0.39, 0.29) is 0 Å². The molecule has 4 aromatic rings. The van der Waals surface area contributed by atoms with Gasteiger partial charge in [-0.15, -0.1) is 0 Å². The summed E-state index contributed by atoms with van der Waals surface area (Å²) < 4.78 is 10.9. The number of fused-ring (bicyclic) bond motifs is 3. The van der Waals surface area contributed by atoms with Crippen LogP contribution in [0, 0.1) is 0 Å². The number of benzene rings is 3. The van der Waals surface area contributed by atoms with E-state index < -0.39 is 6.09 Å². The lowest BCUT2D eigenvalue weighted by Crippen LogP contribution is -2.13. The number of anilines is 1. The number of amides is 1. The lowest BCUT2D eigenvalue weighted by molar-refractivity contribution is 0.168. The van der Waals surface area contributed by atoms with E-state index in [1.165, 1.54) is 0 Å². The quantitative estimate of drug-likeness (QED) is 0.559. The standard InChI is InChI=1S/C20H16N2O3/c1-2-24-20(23)21-16-10-6-5-9-15(16)19-22-18-14-8-4-3-7-13(14)11-12-17(18)25-19/h3-12H,2H2,1H3,(H,21,23). The minimum atomic E-state index is -0.503. The lowest BCUT2D eigenvalue weighted by atomic mass is 10.1. The Morgan fingerprint density at radius 3 is 2.76 bits per heavy atom. The van der Waals surface area contributed by atoms with Crippen LogP contribution in [0.1, 0.15) is 6.92 Å². The molecule has 0 aliphatic rings. The number of nitrogens with zero attached hydrogens (tertiary/aromatic N) is 1. The fraction of sp³-hybridized carbons (Fsp3) is 0.100. The third kappa shape index (κ3) is 2.80.